The topological polar surface area (TPSA) is 136 Å². The molecule has 0 aliphatic heterocycles. The van der Waals surface area contributed by atoms with Gasteiger partial charge < -0.3 is 26.0 Å². The lowest BCUT2D eigenvalue weighted by atomic mass is 10.0. The number of aliphatic carboxylic acids is 1. The summed E-state index contributed by atoms with van der Waals surface area (Å²) in [5.41, 5.74) is -0.185. The molecule has 0 unspecified atom stereocenters. The molecule has 8 heteroatoms. The number of benzene rings is 1. The van der Waals surface area contributed by atoms with E-state index in [4.69, 9.17) is 5.11 Å². The van der Waals surface area contributed by atoms with Gasteiger partial charge in [0.25, 0.3) is 5.91 Å². The first-order valence-electron chi connectivity index (χ1n) is 7.03. The van der Waals surface area contributed by atoms with Gasteiger partial charge in [-0.25, -0.2) is 4.79 Å². The highest BCUT2D eigenvalue weighted by Gasteiger charge is 2.21. The Labute approximate surface area is 133 Å². The van der Waals surface area contributed by atoms with Crippen molar-refractivity contribution in [2.45, 2.75) is 26.3 Å². The largest absolute Gasteiger partial charge is 0.504 e. The average Bonchev–Trinajstić information content (AvgIpc) is 2.46. The summed E-state index contributed by atoms with van der Waals surface area (Å²) in [5.74, 6) is -3.53. The Morgan fingerprint density at radius 1 is 1.17 bits per heavy atom. The van der Waals surface area contributed by atoms with E-state index in [9.17, 15) is 24.6 Å². The van der Waals surface area contributed by atoms with Gasteiger partial charge in [0.1, 0.15) is 6.04 Å². The van der Waals surface area contributed by atoms with Crippen LogP contribution in [0.1, 0.15) is 30.6 Å². The van der Waals surface area contributed by atoms with E-state index in [1.54, 1.807) is 0 Å². The third kappa shape index (κ3) is 5.50. The quantitative estimate of drug-likeness (QED) is 0.462. The molecule has 0 aliphatic rings. The summed E-state index contributed by atoms with van der Waals surface area (Å²) in [6.07, 6.45) is 0.266. The highest BCUT2D eigenvalue weighted by molar-refractivity contribution is 5.99. The van der Waals surface area contributed by atoms with Crippen molar-refractivity contribution in [3.8, 4) is 11.5 Å². The van der Waals surface area contributed by atoms with Crippen LogP contribution < -0.4 is 10.6 Å². The lowest BCUT2D eigenvalue weighted by molar-refractivity contribution is -0.142. The van der Waals surface area contributed by atoms with Crippen LogP contribution in [0.25, 0.3) is 0 Å². The number of rotatable bonds is 7. The van der Waals surface area contributed by atoms with Crippen molar-refractivity contribution in [1.29, 1.82) is 0 Å². The van der Waals surface area contributed by atoms with E-state index in [1.807, 2.05) is 13.8 Å². The van der Waals surface area contributed by atoms with Gasteiger partial charge in [0.15, 0.2) is 11.5 Å². The summed E-state index contributed by atoms with van der Waals surface area (Å²) in [4.78, 5) is 34.6. The molecule has 0 radical (unpaired) electrons. The Morgan fingerprint density at radius 2 is 1.83 bits per heavy atom. The molecule has 0 aromatic heterocycles. The minimum Gasteiger partial charge on any atom is -0.504 e. The molecule has 23 heavy (non-hydrogen) atoms. The van der Waals surface area contributed by atoms with Crippen molar-refractivity contribution in [2.75, 3.05) is 6.54 Å². The Kier molecular flexibility index (Phi) is 6.37. The molecular weight excluding hydrogens is 304 g/mol. The number of nitrogens with one attached hydrogen (secondary N) is 2. The number of hydrogen-bond donors (Lipinski definition) is 5. The molecule has 0 saturated heterocycles. The summed E-state index contributed by atoms with van der Waals surface area (Å²) in [7, 11) is 0. The fraction of sp³-hybridized carbons (Fsp3) is 0.400. The van der Waals surface area contributed by atoms with Crippen LogP contribution >= 0.6 is 0 Å². The predicted molar refractivity (Wildman–Crippen MR) is 81.1 cm³/mol. The molecule has 5 N–H and O–H groups in total. The summed E-state index contributed by atoms with van der Waals surface area (Å²) in [6, 6.07) is 2.82. The molecule has 1 aromatic carbocycles. The number of aromatic hydroxyl groups is 2. The van der Waals surface area contributed by atoms with E-state index in [1.165, 1.54) is 18.2 Å². The molecule has 1 atom stereocenters. The molecule has 8 nitrogen and oxygen atoms in total. The van der Waals surface area contributed by atoms with Crippen LogP contribution in [0.3, 0.4) is 0 Å². The van der Waals surface area contributed by atoms with Gasteiger partial charge in [-0.1, -0.05) is 19.9 Å². The van der Waals surface area contributed by atoms with Gasteiger partial charge in [0.2, 0.25) is 5.91 Å². The number of para-hydroxylation sites is 1. The van der Waals surface area contributed by atoms with E-state index in [2.05, 4.69) is 10.6 Å². The SMILES string of the molecule is CC(C)C[C@H](NC(=O)CNC(=O)c1cccc(O)c1O)C(=O)O. The highest BCUT2D eigenvalue weighted by atomic mass is 16.4. The number of phenols is 2. The summed E-state index contributed by atoms with van der Waals surface area (Å²) in [6.45, 7) is 3.21. The van der Waals surface area contributed by atoms with Crippen LogP contribution in [0.2, 0.25) is 0 Å². The maximum Gasteiger partial charge on any atom is 0.326 e. The molecule has 0 heterocycles. The first kappa shape index (κ1) is 18.3. The number of hydrogen-bond acceptors (Lipinski definition) is 5. The zero-order chi connectivity index (χ0) is 17.6. The minimum atomic E-state index is -1.15. The summed E-state index contributed by atoms with van der Waals surface area (Å²) >= 11 is 0. The third-order valence-electron chi connectivity index (χ3n) is 3.01. The smallest absolute Gasteiger partial charge is 0.326 e. The van der Waals surface area contributed by atoms with Gasteiger partial charge in [-0.2, -0.15) is 0 Å². The maximum absolute atomic E-state index is 11.8. The second-order valence-electron chi connectivity index (χ2n) is 5.44. The van der Waals surface area contributed by atoms with Crippen LogP contribution in [-0.2, 0) is 9.59 Å². The summed E-state index contributed by atoms with van der Waals surface area (Å²) in [5, 5.41) is 32.5. The van der Waals surface area contributed by atoms with Gasteiger partial charge in [0, 0.05) is 0 Å². The van der Waals surface area contributed by atoms with Crippen molar-refractivity contribution in [2.24, 2.45) is 5.92 Å². The Bertz CT molecular complexity index is 600. The van der Waals surface area contributed by atoms with Crippen LogP contribution in [0, 0.1) is 5.92 Å². The molecule has 0 aliphatic carbocycles. The first-order chi connectivity index (χ1) is 10.7. The molecule has 2 amide bonds. The van der Waals surface area contributed by atoms with Crippen molar-refractivity contribution < 1.29 is 29.7 Å². The fourth-order valence-electron chi connectivity index (χ4n) is 1.91. The molecule has 1 aromatic rings. The number of carbonyl (C=O) groups excluding carboxylic acids is 2. The van der Waals surface area contributed by atoms with Crippen LogP contribution in [-0.4, -0.2) is 45.7 Å². The number of carbonyl (C=O) groups is 3. The molecule has 0 saturated carbocycles. The van der Waals surface area contributed by atoms with Gasteiger partial charge in [-0.05, 0) is 24.5 Å². The van der Waals surface area contributed by atoms with Gasteiger partial charge in [0.05, 0.1) is 12.1 Å². The lowest BCUT2D eigenvalue weighted by Crippen LogP contribution is -2.46. The predicted octanol–water partition coefficient (Wildman–Crippen LogP) is 0.443. The van der Waals surface area contributed by atoms with Crippen molar-refractivity contribution in [3.63, 3.8) is 0 Å². The molecule has 0 bridgehead atoms. The summed E-state index contributed by atoms with van der Waals surface area (Å²) < 4.78 is 0. The Morgan fingerprint density at radius 3 is 2.39 bits per heavy atom. The zero-order valence-electron chi connectivity index (χ0n) is 12.9. The van der Waals surface area contributed by atoms with E-state index in [-0.39, 0.29) is 17.9 Å². The van der Waals surface area contributed by atoms with Crippen LogP contribution in [0.4, 0.5) is 0 Å². The fourth-order valence-corrected chi connectivity index (χ4v) is 1.91. The number of carboxylic acid groups (broad SMARTS) is 1. The van der Waals surface area contributed by atoms with Gasteiger partial charge >= 0.3 is 5.97 Å². The molecular formula is C15H20N2O6. The number of amides is 2. The van der Waals surface area contributed by atoms with Crippen molar-refractivity contribution in [3.05, 3.63) is 23.8 Å². The monoisotopic (exact) mass is 324 g/mol. The molecule has 1 rings (SSSR count). The molecule has 0 spiro atoms. The van der Waals surface area contributed by atoms with Crippen molar-refractivity contribution >= 4 is 17.8 Å². The lowest BCUT2D eigenvalue weighted by Gasteiger charge is -2.16. The number of phenolic OH excluding ortho intramolecular Hbond substituents is 2. The van der Waals surface area contributed by atoms with Crippen LogP contribution in [0.5, 0.6) is 11.5 Å². The number of carboxylic acids is 1. The Hall–Kier alpha value is -2.77. The molecule has 126 valence electrons. The van der Waals surface area contributed by atoms with E-state index in [0.717, 1.165) is 0 Å². The standard InChI is InChI=1S/C15H20N2O6/c1-8(2)6-10(15(22)23)17-12(19)7-16-14(21)9-4-3-5-11(18)13(9)20/h3-5,8,10,18,20H,6-7H2,1-2H3,(H,16,21)(H,17,19)(H,22,23)/t10-/m0/s1. The maximum atomic E-state index is 11.8. The zero-order valence-corrected chi connectivity index (χ0v) is 12.9. The van der Waals surface area contributed by atoms with E-state index >= 15 is 0 Å². The van der Waals surface area contributed by atoms with E-state index < -0.39 is 41.9 Å². The second-order valence-corrected chi connectivity index (χ2v) is 5.44. The Balaban J connectivity index is 2.60. The van der Waals surface area contributed by atoms with Crippen LogP contribution in [0.15, 0.2) is 18.2 Å². The second kappa shape index (κ2) is 8.02. The normalized spacial score (nSPS) is 11.8. The minimum absolute atomic E-state index is 0.0789. The highest BCUT2D eigenvalue weighted by Crippen LogP contribution is 2.27. The third-order valence-corrected chi connectivity index (χ3v) is 3.01. The molecule has 0 fully saturated rings. The van der Waals surface area contributed by atoms with Gasteiger partial charge in [-0.15, -0.1) is 0 Å². The van der Waals surface area contributed by atoms with Gasteiger partial charge in [-0.3, -0.25) is 9.59 Å². The van der Waals surface area contributed by atoms with E-state index in [0.29, 0.717) is 0 Å². The van der Waals surface area contributed by atoms with Crippen molar-refractivity contribution in [1.82, 2.24) is 10.6 Å². The average molecular weight is 324 g/mol. The first-order valence-corrected chi connectivity index (χ1v) is 7.03.